The van der Waals surface area contributed by atoms with E-state index in [1.807, 2.05) is 0 Å². The van der Waals surface area contributed by atoms with Gasteiger partial charge in [-0.1, -0.05) is 11.6 Å². The Morgan fingerprint density at radius 2 is 2.00 bits per heavy atom. The largest absolute Gasteiger partial charge is 0.478 e. The Morgan fingerprint density at radius 1 is 1.29 bits per heavy atom. The number of aromatic nitrogens is 1. The summed E-state index contributed by atoms with van der Waals surface area (Å²) in [5.41, 5.74) is -0.362. The predicted molar refractivity (Wildman–Crippen MR) is 78.3 cm³/mol. The van der Waals surface area contributed by atoms with E-state index >= 15 is 0 Å². The molecule has 108 valence electrons. The number of hydrogen-bond acceptors (Lipinski definition) is 3. The Kier molecular flexibility index (Phi) is 4.54. The summed E-state index contributed by atoms with van der Waals surface area (Å²) in [4.78, 5) is 26.9. The zero-order valence-corrected chi connectivity index (χ0v) is 12.6. The van der Waals surface area contributed by atoms with Crippen molar-refractivity contribution in [3.8, 4) is 0 Å². The van der Waals surface area contributed by atoms with Crippen LogP contribution in [0.4, 0.5) is 10.1 Å². The van der Waals surface area contributed by atoms with Crippen molar-refractivity contribution in [3.05, 3.63) is 57.0 Å². The number of anilines is 1. The number of amides is 1. The van der Waals surface area contributed by atoms with E-state index in [4.69, 9.17) is 16.7 Å². The topological polar surface area (TPSA) is 79.3 Å². The summed E-state index contributed by atoms with van der Waals surface area (Å²) in [6.07, 6.45) is 1.41. The number of benzene rings is 1. The highest BCUT2D eigenvalue weighted by Crippen LogP contribution is 2.22. The second-order valence-corrected chi connectivity index (χ2v) is 5.21. The number of hydrogen-bond donors (Lipinski definition) is 2. The molecule has 0 aliphatic carbocycles. The summed E-state index contributed by atoms with van der Waals surface area (Å²) in [6, 6.07) is 4.39. The Labute approximate surface area is 131 Å². The lowest BCUT2D eigenvalue weighted by Gasteiger charge is -2.09. The fourth-order valence-corrected chi connectivity index (χ4v) is 2.10. The summed E-state index contributed by atoms with van der Waals surface area (Å²) in [5, 5.41) is 11.3. The molecule has 0 saturated carbocycles. The Morgan fingerprint density at radius 3 is 2.67 bits per heavy atom. The maximum atomic E-state index is 13.2. The van der Waals surface area contributed by atoms with Crippen LogP contribution in [0, 0.1) is 5.82 Å². The van der Waals surface area contributed by atoms with E-state index in [-0.39, 0.29) is 22.0 Å². The molecule has 0 radical (unpaired) electrons. The monoisotopic (exact) mass is 372 g/mol. The van der Waals surface area contributed by atoms with Crippen LogP contribution >= 0.6 is 27.5 Å². The van der Waals surface area contributed by atoms with Gasteiger partial charge in [-0.2, -0.15) is 0 Å². The fourth-order valence-electron chi connectivity index (χ4n) is 1.58. The molecular weight excluding hydrogens is 367 g/mol. The average molecular weight is 374 g/mol. The maximum Gasteiger partial charge on any atom is 0.337 e. The van der Waals surface area contributed by atoms with Crippen LogP contribution in [0.15, 0.2) is 34.9 Å². The number of carboxylic acids is 1. The molecule has 0 saturated heterocycles. The van der Waals surface area contributed by atoms with Crippen LogP contribution in [0.5, 0.6) is 0 Å². The molecule has 5 nitrogen and oxygen atoms in total. The number of carboxylic acid groups (broad SMARTS) is 1. The van der Waals surface area contributed by atoms with Crippen molar-refractivity contribution in [2.75, 3.05) is 5.32 Å². The number of halogens is 3. The Balaban J connectivity index is 2.38. The molecular formula is C13H7BrClFN2O3. The van der Waals surface area contributed by atoms with Gasteiger partial charge in [-0.3, -0.25) is 4.79 Å². The Hall–Kier alpha value is -1.99. The minimum absolute atomic E-state index is 0.0339. The molecule has 2 aromatic rings. The zero-order chi connectivity index (χ0) is 15.6. The first-order valence-electron chi connectivity index (χ1n) is 5.53. The summed E-state index contributed by atoms with van der Waals surface area (Å²) in [7, 11) is 0. The fraction of sp³-hybridized carbons (Fsp3) is 0. The van der Waals surface area contributed by atoms with Crippen LogP contribution in [0.2, 0.25) is 5.15 Å². The maximum absolute atomic E-state index is 13.2. The first-order valence-corrected chi connectivity index (χ1v) is 6.71. The van der Waals surface area contributed by atoms with Crippen molar-refractivity contribution >= 4 is 45.1 Å². The van der Waals surface area contributed by atoms with Crippen molar-refractivity contribution in [2.45, 2.75) is 0 Å². The number of nitrogens with zero attached hydrogens (tertiary/aromatic N) is 1. The molecule has 0 aliphatic heterocycles. The van der Waals surface area contributed by atoms with Gasteiger partial charge in [0.25, 0.3) is 5.91 Å². The molecule has 0 bridgehead atoms. The summed E-state index contributed by atoms with van der Waals surface area (Å²) in [5.74, 6) is -2.65. The molecule has 1 aromatic heterocycles. The van der Waals surface area contributed by atoms with Crippen LogP contribution in [0.3, 0.4) is 0 Å². The minimum Gasteiger partial charge on any atom is -0.478 e. The van der Waals surface area contributed by atoms with E-state index in [0.29, 0.717) is 4.47 Å². The smallest absolute Gasteiger partial charge is 0.337 e. The van der Waals surface area contributed by atoms with Crippen LogP contribution in [0.1, 0.15) is 20.7 Å². The second-order valence-electron chi connectivity index (χ2n) is 3.94. The molecule has 2 N–H and O–H groups in total. The zero-order valence-electron chi connectivity index (χ0n) is 10.2. The highest BCUT2D eigenvalue weighted by molar-refractivity contribution is 9.10. The van der Waals surface area contributed by atoms with Crippen LogP contribution < -0.4 is 5.32 Å². The van der Waals surface area contributed by atoms with E-state index in [0.717, 1.165) is 18.2 Å². The van der Waals surface area contributed by atoms with Gasteiger partial charge in [0, 0.05) is 10.7 Å². The van der Waals surface area contributed by atoms with Crippen LogP contribution in [-0.2, 0) is 0 Å². The lowest BCUT2D eigenvalue weighted by atomic mass is 10.1. The van der Waals surface area contributed by atoms with Gasteiger partial charge in [-0.05, 0) is 40.2 Å². The molecule has 2 rings (SSSR count). The number of nitrogens with one attached hydrogen (secondary N) is 1. The van der Waals surface area contributed by atoms with Crippen molar-refractivity contribution in [3.63, 3.8) is 0 Å². The number of aromatic carboxylic acids is 1. The van der Waals surface area contributed by atoms with E-state index in [9.17, 15) is 14.0 Å². The molecule has 1 amide bonds. The first-order chi connectivity index (χ1) is 9.88. The lowest BCUT2D eigenvalue weighted by molar-refractivity contribution is 0.0698. The highest BCUT2D eigenvalue weighted by atomic mass is 79.9. The molecule has 0 spiro atoms. The van der Waals surface area contributed by atoms with Gasteiger partial charge >= 0.3 is 5.97 Å². The predicted octanol–water partition coefficient (Wildman–Crippen LogP) is 3.59. The summed E-state index contributed by atoms with van der Waals surface area (Å²) >= 11 is 8.95. The van der Waals surface area contributed by atoms with Crippen molar-refractivity contribution in [1.82, 2.24) is 4.98 Å². The third kappa shape index (κ3) is 3.56. The Bertz CT molecular complexity index is 739. The molecule has 0 fully saturated rings. The summed E-state index contributed by atoms with van der Waals surface area (Å²) in [6.45, 7) is 0. The number of pyridine rings is 1. The van der Waals surface area contributed by atoms with E-state index in [2.05, 4.69) is 26.2 Å². The van der Waals surface area contributed by atoms with Crippen LogP contribution in [-0.4, -0.2) is 22.0 Å². The quantitative estimate of drug-likeness (QED) is 0.806. The third-order valence-corrected chi connectivity index (χ3v) is 3.25. The van der Waals surface area contributed by atoms with Gasteiger partial charge in [0.1, 0.15) is 11.0 Å². The van der Waals surface area contributed by atoms with Gasteiger partial charge in [0.15, 0.2) is 0 Å². The van der Waals surface area contributed by atoms with Gasteiger partial charge in [-0.15, -0.1) is 0 Å². The van der Waals surface area contributed by atoms with Crippen molar-refractivity contribution < 1.29 is 19.1 Å². The third-order valence-electron chi connectivity index (χ3n) is 2.51. The SMILES string of the molecule is O=C(O)c1ccc(F)cc1NC(=O)c1cc(Br)cnc1Cl. The number of rotatable bonds is 3. The molecule has 0 unspecified atom stereocenters. The molecule has 1 aromatic carbocycles. The minimum atomic E-state index is -1.29. The standard InChI is InChI=1S/C13H7BrClFN2O3/c14-6-3-9(11(15)17-5-6)12(19)18-10-4-7(16)1-2-8(10)13(20)21/h1-5H,(H,18,19)(H,20,21). The average Bonchev–Trinajstić information content (AvgIpc) is 2.41. The van der Waals surface area contributed by atoms with Gasteiger partial charge in [-0.25, -0.2) is 14.2 Å². The van der Waals surface area contributed by atoms with E-state index < -0.39 is 17.7 Å². The molecule has 0 aliphatic rings. The highest BCUT2D eigenvalue weighted by Gasteiger charge is 2.17. The van der Waals surface area contributed by atoms with E-state index in [1.165, 1.54) is 12.3 Å². The molecule has 1 heterocycles. The van der Waals surface area contributed by atoms with E-state index in [1.54, 1.807) is 0 Å². The second kappa shape index (κ2) is 6.19. The van der Waals surface area contributed by atoms with Gasteiger partial charge < -0.3 is 10.4 Å². The van der Waals surface area contributed by atoms with Gasteiger partial charge in [0.05, 0.1) is 16.8 Å². The van der Waals surface area contributed by atoms with Crippen LogP contribution in [0.25, 0.3) is 0 Å². The normalized spacial score (nSPS) is 10.2. The number of carbonyl (C=O) groups excluding carboxylic acids is 1. The van der Waals surface area contributed by atoms with Crippen molar-refractivity contribution in [1.29, 1.82) is 0 Å². The first kappa shape index (κ1) is 15.4. The molecule has 8 heteroatoms. The lowest BCUT2D eigenvalue weighted by Crippen LogP contribution is -2.16. The molecule has 21 heavy (non-hydrogen) atoms. The molecule has 0 atom stereocenters. The van der Waals surface area contributed by atoms with Gasteiger partial charge in [0.2, 0.25) is 0 Å². The van der Waals surface area contributed by atoms with Crippen molar-refractivity contribution in [2.24, 2.45) is 0 Å². The number of carbonyl (C=O) groups is 2. The summed E-state index contributed by atoms with van der Waals surface area (Å²) < 4.78 is 13.7.